The highest BCUT2D eigenvalue weighted by atomic mass is 16.5. The minimum absolute atomic E-state index is 0.0986. The van der Waals surface area contributed by atoms with E-state index in [0.717, 1.165) is 30.1 Å². The predicted octanol–water partition coefficient (Wildman–Crippen LogP) is 1.70. The van der Waals surface area contributed by atoms with Gasteiger partial charge in [0.1, 0.15) is 0 Å². The molecule has 0 spiro atoms. The van der Waals surface area contributed by atoms with Crippen molar-refractivity contribution in [2.24, 2.45) is 11.7 Å². The number of hydrogen-bond acceptors (Lipinski definition) is 4. The van der Waals surface area contributed by atoms with Crippen molar-refractivity contribution in [1.29, 1.82) is 0 Å². The fourth-order valence-corrected chi connectivity index (χ4v) is 3.22. The SMILES string of the molecule is NCCC1CC(Nc2ccc(C(=O)N3CCOCC3)cc2)C1. The van der Waals surface area contributed by atoms with Crippen LogP contribution in [0.4, 0.5) is 5.69 Å². The van der Waals surface area contributed by atoms with Crippen molar-refractivity contribution in [3.63, 3.8) is 0 Å². The highest BCUT2D eigenvalue weighted by Crippen LogP contribution is 2.32. The number of anilines is 1. The minimum atomic E-state index is 0.0986. The molecule has 1 aromatic rings. The Hall–Kier alpha value is -1.59. The number of morpholine rings is 1. The second-order valence-electron chi connectivity index (χ2n) is 6.24. The van der Waals surface area contributed by atoms with E-state index < -0.39 is 0 Å². The molecule has 1 amide bonds. The number of carbonyl (C=O) groups is 1. The molecule has 3 N–H and O–H groups in total. The van der Waals surface area contributed by atoms with Gasteiger partial charge in [0.25, 0.3) is 5.91 Å². The maximum atomic E-state index is 12.4. The summed E-state index contributed by atoms with van der Waals surface area (Å²) in [6.45, 7) is 3.43. The van der Waals surface area contributed by atoms with Crippen molar-refractivity contribution in [3.05, 3.63) is 29.8 Å². The predicted molar refractivity (Wildman–Crippen MR) is 87.0 cm³/mol. The zero-order chi connectivity index (χ0) is 15.4. The molecule has 2 aliphatic rings. The van der Waals surface area contributed by atoms with Gasteiger partial charge >= 0.3 is 0 Å². The maximum Gasteiger partial charge on any atom is 0.254 e. The number of rotatable bonds is 5. The standard InChI is InChI=1S/C17H25N3O2/c18-6-5-13-11-16(12-13)19-15-3-1-14(2-4-15)17(21)20-7-9-22-10-8-20/h1-4,13,16,19H,5-12,18H2. The zero-order valence-corrected chi connectivity index (χ0v) is 13.0. The van der Waals surface area contributed by atoms with Gasteiger partial charge in [-0.25, -0.2) is 0 Å². The van der Waals surface area contributed by atoms with Crippen molar-refractivity contribution >= 4 is 11.6 Å². The summed E-state index contributed by atoms with van der Waals surface area (Å²) in [7, 11) is 0. The number of ether oxygens (including phenoxy) is 1. The van der Waals surface area contributed by atoms with Crippen LogP contribution in [-0.2, 0) is 4.74 Å². The van der Waals surface area contributed by atoms with Crippen molar-refractivity contribution in [3.8, 4) is 0 Å². The number of hydrogen-bond donors (Lipinski definition) is 2. The first-order valence-corrected chi connectivity index (χ1v) is 8.20. The molecule has 0 atom stereocenters. The summed E-state index contributed by atoms with van der Waals surface area (Å²) in [5.74, 6) is 0.881. The third-order valence-electron chi connectivity index (χ3n) is 4.61. The highest BCUT2D eigenvalue weighted by molar-refractivity contribution is 5.94. The first-order valence-electron chi connectivity index (χ1n) is 8.20. The van der Waals surface area contributed by atoms with Gasteiger partial charge in [-0.3, -0.25) is 4.79 Å². The molecule has 3 rings (SSSR count). The Labute approximate surface area is 131 Å². The van der Waals surface area contributed by atoms with Gasteiger partial charge in [-0.15, -0.1) is 0 Å². The molecule has 0 aromatic heterocycles. The van der Waals surface area contributed by atoms with Gasteiger partial charge in [0.05, 0.1) is 13.2 Å². The molecule has 120 valence electrons. The molecule has 1 aliphatic carbocycles. The van der Waals surface area contributed by atoms with Crippen LogP contribution in [0.15, 0.2) is 24.3 Å². The average molecular weight is 303 g/mol. The summed E-state index contributed by atoms with van der Waals surface area (Å²) in [6, 6.07) is 8.39. The molecule has 5 heteroatoms. The van der Waals surface area contributed by atoms with Crippen LogP contribution < -0.4 is 11.1 Å². The molecular weight excluding hydrogens is 278 g/mol. The minimum Gasteiger partial charge on any atom is -0.382 e. The number of nitrogens with two attached hydrogens (primary N) is 1. The third kappa shape index (κ3) is 3.59. The number of nitrogens with zero attached hydrogens (tertiary/aromatic N) is 1. The fourth-order valence-electron chi connectivity index (χ4n) is 3.22. The summed E-state index contributed by atoms with van der Waals surface area (Å²) in [6.07, 6.45) is 3.53. The van der Waals surface area contributed by atoms with E-state index in [9.17, 15) is 4.79 Å². The van der Waals surface area contributed by atoms with E-state index in [1.165, 1.54) is 12.8 Å². The average Bonchev–Trinajstić information content (AvgIpc) is 2.54. The first-order chi connectivity index (χ1) is 10.8. The Kier molecular flexibility index (Phi) is 4.95. The lowest BCUT2D eigenvalue weighted by atomic mass is 9.78. The third-order valence-corrected chi connectivity index (χ3v) is 4.61. The molecule has 0 unspecified atom stereocenters. The molecule has 5 nitrogen and oxygen atoms in total. The number of nitrogens with one attached hydrogen (secondary N) is 1. The van der Waals surface area contributed by atoms with E-state index in [-0.39, 0.29) is 5.91 Å². The lowest BCUT2D eigenvalue weighted by Gasteiger charge is -2.36. The van der Waals surface area contributed by atoms with Crippen LogP contribution in [0.5, 0.6) is 0 Å². The van der Waals surface area contributed by atoms with E-state index in [2.05, 4.69) is 5.32 Å². The van der Waals surface area contributed by atoms with Crippen LogP contribution in [0.1, 0.15) is 29.6 Å². The Morgan fingerprint density at radius 1 is 1.23 bits per heavy atom. The molecule has 1 aromatic carbocycles. The Balaban J connectivity index is 1.51. The molecule has 1 aliphatic heterocycles. The van der Waals surface area contributed by atoms with Crippen molar-refractivity contribution in [2.75, 3.05) is 38.2 Å². The van der Waals surface area contributed by atoms with Crippen LogP contribution in [0, 0.1) is 5.92 Å². The van der Waals surface area contributed by atoms with Crippen LogP contribution in [-0.4, -0.2) is 49.7 Å². The monoisotopic (exact) mass is 303 g/mol. The van der Waals surface area contributed by atoms with E-state index in [4.69, 9.17) is 10.5 Å². The van der Waals surface area contributed by atoms with Gasteiger partial charge in [-0.1, -0.05) is 0 Å². The molecule has 1 saturated carbocycles. The lowest BCUT2D eigenvalue weighted by molar-refractivity contribution is 0.0303. The zero-order valence-electron chi connectivity index (χ0n) is 13.0. The molecule has 22 heavy (non-hydrogen) atoms. The number of benzene rings is 1. The molecule has 0 radical (unpaired) electrons. The van der Waals surface area contributed by atoms with Gasteiger partial charge in [-0.05, 0) is 56.0 Å². The van der Waals surface area contributed by atoms with Gasteiger partial charge in [0.2, 0.25) is 0 Å². The Bertz CT molecular complexity index is 491. The molecule has 1 heterocycles. The Morgan fingerprint density at radius 3 is 2.55 bits per heavy atom. The van der Waals surface area contributed by atoms with Crippen molar-refractivity contribution in [2.45, 2.75) is 25.3 Å². The second kappa shape index (κ2) is 7.11. The van der Waals surface area contributed by atoms with E-state index in [1.807, 2.05) is 29.2 Å². The van der Waals surface area contributed by atoms with Crippen molar-refractivity contribution in [1.82, 2.24) is 4.90 Å². The molecule has 2 fully saturated rings. The fraction of sp³-hybridized carbons (Fsp3) is 0.588. The second-order valence-corrected chi connectivity index (χ2v) is 6.24. The van der Waals surface area contributed by atoms with Crippen LogP contribution in [0.3, 0.4) is 0 Å². The van der Waals surface area contributed by atoms with Crippen LogP contribution >= 0.6 is 0 Å². The van der Waals surface area contributed by atoms with E-state index in [1.54, 1.807) is 0 Å². The molecule has 1 saturated heterocycles. The van der Waals surface area contributed by atoms with Crippen LogP contribution in [0.2, 0.25) is 0 Å². The first kappa shape index (κ1) is 15.3. The van der Waals surface area contributed by atoms with Gasteiger partial charge in [0.15, 0.2) is 0 Å². The lowest BCUT2D eigenvalue weighted by Crippen LogP contribution is -2.40. The topological polar surface area (TPSA) is 67.6 Å². The quantitative estimate of drug-likeness (QED) is 0.869. The van der Waals surface area contributed by atoms with E-state index in [0.29, 0.717) is 32.3 Å². The maximum absolute atomic E-state index is 12.4. The summed E-state index contributed by atoms with van der Waals surface area (Å²) < 4.78 is 5.28. The Morgan fingerprint density at radius 2 is 1.91 bits per heavy atom. The normalized spacial score (nSPS) is 24.7. The number of carbonyl (C=O) groups excluding carboxylic acids is 1. The summed E-state index contributed by atoms with van der Waals surface area (Å²) in [5.41, 5.74) is 7.42. The van der Waals surface area contributed by atoms with Gasteiger partial charge in [-0.2, -0.15) is 0 Å². The van der Waals surface area contributed by atoms with Crippen LogP contribution in [0.25, 0.3) is 0 Å². The largest absolute Gasteiger partial charge is 0.382 e. The van der Waals surface area contributed by atoms with Crippen molar-refractivity contribution < 1.29 is 9.53 Å². The summed E-state index contributed by atoms with van der Waals surface area (Å²) >= 11 is 0. The molecule has 0 bridgehead atoms. The van der Waals surface area contributed by atoms with Gasteiger partial charge < -0.3 is 20.7 Å². The van der Waals surface area contributed by atoms with E-state index >= 15 is 0 Å². The highest BCUT2D eigenvalue weighted by Gasteiger charge is 2.28. The molecular formula is C17H25N3O2. The smallest absolute Gasteiger partial charge is 0.254 e. The summed E-state index contributed by atoms with van der Waals surface area (Å²) in [5, 5.41) is 3.53. The number of amides is 1. The summed E-state index contributed by atoms with van der Waals surface area (Å²) in [4.78, 5) is 14.2. The van der Waals surface area contributed by atoms with Gasteiger partial charge in [0, 0.05) is 30.4 Å².